The molecule has 4 heteroatoms. The Morgan fingerprint density at radius 3 is 1.84 bits per heavy atom. The molecule has 0 N–H and O–H groups in total. The number of para-hydroxylation sites is 1. The highest BCUT2D eigenvalue weighted by Crippen LogP contribution is 2.43. The summed E-state index contributed by atoms with van der Waals surface area (Å²) < 4.78 is 6.73. The van der Waals surface area contributed by atoms with Crippen molar-refractivity contribution >= 4 is 54.4 Å². The van der Waals surface area contributed by atoms with Crippen LogP contribution in [0.15, 0.2) is 168 Å². The predicted molar refractivity (Wildman–Crippen MR) is 201 cm³/mol. The van der Waals surface area contributed by atoms with Crippen molar-refractivity contribution in [1.29, 1.82) is 0 Å². The lowest BCUT2D eigenvalue weighted by Gasteiger charge is -2.13. The average Bonchev–Trinajstić information content (AvgIpc) is 3.58. The Morgan fingerprint density at radius 1 is 0.408 bits per heavy atom. The molecule has 0 bridgehead atoms. The minimum atomic E-state index is 0.683. The highest BCUT2D eigenvalue weighted by molar-refractivity contribution is 6.23. The topological polar surface area (TPSA) is 51.8 Å². The van der Waals surface area contributed by atoms with Gasteiger partial charge in [0.1, 0.15) is 11.2 Å². The van der Waals surface area contributed by atoms with E-state index in [1.54, 1.807) is 0 Å². The van der Waals surface area contributed by atoms with Gasteiger partial charge in [-0.2, -0.15) is 0 Å². The molecular weight excluding hydrogens is 599 g/mol. The molecular formula is C45H27N3O. The third-order valence-electron chi connectivity index (χ3n) is 9.45. The van der Waals surface area contributed by atoms with Gasteiger partial charge in [0.15, 0.2) is 5.82 Å². The van der Waals surface area contributed by atoms with Crippen molar-refractivity contribution in [3.8, 4) is 45.2 Å². The van der Waals surface area contributed by atoms with E-state index in [2.05, 4.69) is 103 Å². The largest absolute Gasteiger partial charge is 0.455 e. The van der Waals surface area contributed by atoms with E-state index in [0.717, 1.165) is 72.2 Å². The molecule has 0 saturated heterocycles. The summed E-state index contributed by atoms with van der Waals surface area (Å²) in [7, 11) is 0. The molecule has 10 rings (SSSR count). The van der Waals surface area contributed by atoms with Gasteiger partial charge in [0.05, 0.1) is 28.0 Å². The maximum atomic E-state index is 6.73. The Bertz CT molecular complexity index is 2820. The van der Waals surface area contributed by atoms with E-state index in [1.807, 2.05) is 60.7 Å². The lowest BCUT2D eigenvalue weighted by molar-refractivity contribution is 0.672. The van der Waals surface area contributed by atoms with Gasteiger partial charge in [-0.3, -0.25) is 0 Å². The smallest absolute Gasteiger partial charge is 0.160 e. The summed E-state index contributed by atoms with van der Waals surface area (Å²) in [6.07, 6.45) is 0. The highest BCUT2D eigenvalue weighted by Gasteiger charge is 2.21. The Morgan fingerprint density at radius 2 is 1.04 bits per heavy atom. The molecule has 10 aromatic rings. The van der Waals surface area contributed by atoms with Crippen LogP contribution in [0.3, 0.4) is 0 Å². The Hall–Kier alpha value is -6.65. The van der Waals surface area contributed by atoms with Gasteiger partial charge in [-0.15, -0.1) is 0 Å². The molecule has 0 amide bonds. The van der Waals surface area contributed by atoms with Gasteiger partial charge in [0.2, 0.25) is 0 Å². The standard InChI is InChI=1S/C45H27N3O/c1-3-13-28(14-4-1)39-27-40(48-45(47-39)29-15-5-2-6-16-29)31-23-24-38-37(26-31)44-42(35-21-11-12-22-41(35)49-44)43(46-38)36-25-30-17-7-8-18-32(30)33-19-9-10-20-34(33)36/h1-27H. The molecule has 49 heavy (non-hydrogen) atoms. The van der Waals surface area contributed by atoms with Crippen LogP contribution in [-0.2, 0) is 0 Å². The maximum Gasteiger partial charge on any atom is 0.160 e. The summed E-state index contributed by atoms with van der Waals surface area (Å²) >= 11 is 0. The lowest BCUT2D eigenvalue weighted by Crippen LogP contribution is -1.96. The number of nitrogens with zero attached hydrogens (tertiary/aromatic N) is 3. The molecule has 0 unspecified atom stereocenters. The first-order valence-electron chi connectivity index (χ1n) is 16.4. The van der Waals surface area contributed by atoms with Gasteiger partial charge >= 0.3 is 0 Å². The molecule has 0 aliphatic rings. The van der Waals surface area contributed by atoms with Gasteiger partial charge in [0, 0.05) is 33.0 Å². The van der Waals surface area contributed by atoms with Crippen molar-refractivity contribution in [3.05, 3.63) is 164 Å². The zero-order chi connectivity index (χ0) is 32.3. The molecule has 3 aromatic heterocycles. The molecule has 0 spiro atoms. The van der Waals surface area contributed by atoms with Gasteiger partial charge in [0.25, 0.3) is 0 Å². The summed E-state index contributed by atoms with van der Waals surface area (Å²) in [4.78, 5) is 15.5. The van der Waals surface area contributed by atoms with Crippen molar-refractivity contribution in [3.63, 3.8) is 0 Å². The van der Waals surface area contributed by atoms with Crippen LogP contribution in [0, 0.1) is 0 Å². The fraction of sp³-hybridized carbons (Fsp3) is 0. The first-order chi connectivity index (χ1) is 24.3. The van der Waals surface area contributed by atoms with Crippen molar-refractivity contribution < 1.29 is 4.42 Å². The van der Waals surface area contributed by atoms with Crippen LogP contribution in [-0.4, -0.2) is 15.0 Å². The van der Waals surface area contributed by atoms with Gasteiger partial charge in [-0.05, 0) is 51.9 Å². The predicted octanol–water partition coefficient (Wildman–Crippen LogP) is 11.9. The summed E-state index contributed by atoms with van der Waals surface area (Å²) in [5.74, 6) is 0.683. The molecule has 228 valence electrons. The van der Waals surface area contributed by atoms with Crippen LogP contribution in [0.5, 0.6) is 0 Å². The number of furan rings is 1. The second-order valence-corrected chi connectivity index (χ2v) is 12.4. The molecule has 0 fully saturated rings. The summed E-state index contributed by atoms with van der Waals surface area (Å²) in [5, 5.41) is 7.79. The Balaban J connectivity index is 1.25. The van der Waals surface area contributed by atoms with Crippen LogP contribution in [0.2, 0.25) is 0 Å². The second-order valence-electron chi connectivity index (χ2n) is 12.4. The van der Waals surface area contributed by atoms with Gasteiger partial charge in [-0.1, -0.05) is 133 Å². The monoisotopic (exact) mass is 625 g/mol. The van der Waals surface area contributed by atoms with Crippen LogP contribution in [0.25, 0.3) is 99.5 Å². The highest BCUT2D eigenvalue weighted by atomic mass is 16.3. The van der Waals surface area contributed by atoms with Crippen molar-refractivity contribution in [2.45, 2.75) is 0 Å². The maximum absolute atomic E-state index is 6.73. The fourth-order valence-electron chi connectivity index (χ4n) is 7.13. The zero-order valence-corrected chi connectivity index (χ0v) is 26.3. The molecule has 3 heterocycles. The summed E-state index contributed by atoms with van der Waals surface area (Å²) in [5.41, 5.74) is 9.21. The molecule has 0 saturated carbocycles. The van der Waals surface area contributed by atoms with Crippen LogP contribution in [0.1, 0.15) is 0 Å². The van der Waals surface area contributed by atoms with E-state index in [4.69, 9.17) is 19.4 Å². The van der Waals surface area contributed by atoms with Gasteiger partial charge < -0.3 is 4.42 Å². The molecule has 7 aromatic carbocycles. The molecule has 0 radical (unpaired) electrons. The third kappa shape index (κ3) is 4.49. The lowest BCUT2D eigenvalue weighted by atomic mass is 9.93. The normalized spacial score (nSPS) is 11.7. The zero-order valence-electron chi connectivity index (χ0n) is 26.3. The van der Waals surface area contributed by atoms with Crippen molar-refractivity contribution in [2.24, 2.45) is 0 Å². The molecule has 0 aliphatic carbocycles. The van der Waals surface area contributed by atoms with Crippen molar-refractivity contribution in [2.75, 3.05) is 0 Å². The average molecular weight is 626 g/mol. The van der Waals surface area contributed by atoms with Crippen LogP contribution < -0.4 is 0 Å². The van der Waals surface area contributed by atoms with Gasteiger partial charge in [-0.25, -0.2) is 15.0 Å². The molecule has 4 nitrogen and oxygen atoms in total. The number of aromatic nitrogens is 3. The fourth-order valence-corrected chi connectivity index (χ4v) is 7.13. The van der Waals surface area contributed by atoms with Crippen LogP contribution in [0.4, 0.5) is 0 Å². The summed E-state index contributed by atoms with van der Waals surface area (Å²) in [6.45, 7) is 0. The van der Waals surface area contributed by atoms with E-state index in [-0.39, 0.29) is 0 Å². The first kappa shape index (κ1) is 27.5. The number of fused-ring (bicyclic) bond motifs is 8. The number of hydrogen-bond donors (Lipinski definition) is 0. The van der Waals surface area contributed by atoms with Crippen LogP contribution >= 0.6 is 0 Å². The SMILES string of the molecule is c1ccc(-c2cc(-c3ccc4nc(-c5cc6ccccc6c6ccccc56)c5c6ccccc6oc5c4c3)nc(-c3ccccc3)n2)cc1. The number of pyridine rings is 1. The summed E-state index contributed by atoms with van der Waals surface area (Å²) in [6, 6.07) is 56.6. The van der Waals surface area contributed by atoms with E-state index >= 15 is 0 Å². The minimum absolute atomic E-state index is 0.683. The van der Waals surface area contributed by atoms with E-state index in [1.165, 1.54) is 21.5 Å². The second kappa shape index (κ2) is 11.0. The molecule has 0 aliphatic heterocycles. The number of rotatable bonds is 4. The van der Waals surface area contributed by atoms with E-state index in [0.29, 0.717) is 5.82 Å². The van der Waals surface area contributed by atoms with Crippen molar-refractivity contribution in [1.82, 2.24) is 15.0 Å². The quantitative estimate of drug-likeness (QED) is 0.183. The first-order valence-corrected chi connectivity index (χ1v) is 16.4. The van der Waals surface area contributed by atoms with E-state index in [9.17, 15) is 0 Å². The Kier molecular flexibility index (Phi) is 6.15. The minimum Gasteiger partial charge on any atom is -0.455 e. The molecule has 0 atom stereocenters. The Labute approximate surface area is 282 Å². The number of hydrogen-bond acceptors (Lipinski definition) is 4. The van der Waals surface area contributed by atoms with E-state index < -0.39 is 0 Å². The third-order valence-corrected chi connectivity index (χ3v) is 9.45. The number of benzene rings is 7.